The topological polar surface area (TPSA) is 112 Å². The summed E-state index contributed by atoms with van der Waals surface area (Å²) in [5, 5.41) is 19.6. The summed E-state index contributed by atoms with van der Waals surface area (Å²) in [6.45, 7) is 4.11. The molecule has 2 heterocycles. The number of aryl methyl sites for hydroxylation is 1. The molecule has 0 fully saturated rings. The molecule has 0 aliphatic carbocycles. The highest BCUT2D eigenvalue weighted by Gasteiger charge is 2.13. The number of thioether (sulfide) groups is 2. The average Bonchev–Trinajstić information content (AvgIpc) is 3.35. The molecule has 0 saturated heterocycles. The third kappa shape index (κ3) is 6.27. The fourth-order valence-electron chi connectivity index (χ4n) is 2.13. The molecule has 0 atom stereocenters. The van der Waals surface area contributed by atoms with Crippen LogP contribution in [0.5, 0.6) is 0 Å². The van der Waals surface area contributed by atoms with Crippen molar-refractivity contribution in [3.8, 4) is 5.69 Å². The maximum absolute atomic E-state index is 12.2. The van der Waals surface area contributed by atoms with Gasteiger partial charge in [-0.25, -0.2) is 0 Å². The van der Waals surface area contributed by atoms with Crippen LogP contribution in [-0.2, 0) is 14.3 Å². The van der Waals surface area contributed by atoms with Gasteiger partial charge in [0.05, 0.1) is 18.1 Å². The number of amides is 1. The Kier molecular flexibility index (Phi) is 7.61. The van der Waals surface area contributed by atoms with E-state index in [0.717, 1.165) is 11.3 Å². The van der Waals surface area contributed by atoms with Gasteiger partial charge in [-0.15, -0.1) is 20.4 Å². The Balaban J connectivity index is 1.50. The number of anilines is 1. The zero-order chi connectivity index (χ0) is 20.6. The maximum Gasteiger partial charge on any atom is 0.316 e. The molecule has 0 unspecified atom stereocenters. The molecule has 9 nitrogen and oxygen atoms in total. The quantitative estimate of drug-likeness (QED) is 0.299. The first-order chi connectivity index (χ1) is 14.0. The number of carbonyl (C=O) groups is 2. The number of rotatable bonds is 9. The number of esters is 1. The number of ether oxygens (including phenoxy) is 1. The summed E-state index contributed by atoms with van der Waals surface area (Å²) in [7, 11) is 0. The van der Waals surface area contributed by atoms with Crippen LogP contribution in [0.15, 0.2) is 40.1 Å². The Bertz CT molecular complexity index is 973. The average molecular weight is 451 g/mol. The molecule has 1 amide bonds. The van der Waals surface area contributed by atoms with Gasteiger partial charge in [0.2, 0.25) is 11.0 Å². The lowest BCUT2D eigenvalue weighted by atomic mass is 10.2. The molecule has 0 aliphatic rings. The first kappa shape index (κ1) is 21.3. The van der Waals surface area contributed by atoms with Crippen molar-refractivity contribution >= 4 is 51.9 Å². The van der Waals surface area contributed by atoms with Crippen molar-refractivity contribution in [2.75, 3.05) is 23.4 Å². The van der Waals surface area contributed by atoms with Crippen LogP contribution < -0.4 is 5.32 Å². The molecule has 2 aromatic heterocycles. The Morgan fingerprint density at radius 3 is 2.69 bits per heavy atom. The van der Waals surface area contributed by atoms with Crippen molar-refractivity contribution in [2.45, 2.75) is 23.3 Å². The summed E-state index contributed by atoms with van der Waals surface area (Å²) in [6.07, 6.45) is 1.61. The van der Waals surface area contributed by atoms with Crippen LogP contribution in [0.1, 0.15) is 12.5 Å². The van der Waals surface area contributed by atoms with Gasteiger partial charge in [-0.1, -0.05) is 52.6 Å². The summed E-state index contributed by atoms with van der Waals surface area (Å²) >= 11 is 3.70. The van der Waals surface area contributed by atoms with Crippen LogP contribution >= 0.6 is 34.9 Å². The SMILES string of the molecule is CCOC(=O)CSc1nnc(NC(=O)CSc2nncn2-c2ccc(C)cc2)s1. The summed E-state index contributed by atoms with van der Waals surface area (Å²) in [5.74, 6) is -0.241. The molecule has 1 N–H and O–H groups in total. The molecule has 0 radical (unpaired) electrons. The summed E-state index contributed by atoms with van der Waals surface area (Å²) in [4.78, 5) is 23.6. The zero-order valence-corrected chi connectivity index (χ0v) is 18.1. The second-order valence-electron chi connectivity index (χ2n) is 5.62. The van der Waals surface area contributed by atoms with Gasteiger partial charge in [-0.05, 0) is 26.0 Å². The first-order valence-electron chi connectivity index (χ1n) is 8.56. The minimum absolute atomic E-state index is 0.148. The number of benzene rings is 1. The van der Waals surface area contributed by atoms with E-state index in [4.69, 9.17) is 4.74 Å². The summed E-state index contributed by atoms with van der Waals surface area (Å²) in [5.41, 5.74) is 2.09. The van der Waals surface area contributed by atoms with E-state index in [2.05, 4.69) is 25.7 Å². The molecule has 12 heteroatoms. The highest BCUT2D eigenvalue weighted by molar-refractivity contribution is 8.01. The van der Waals surface area contributed by atoms with Gasteiger partial charge < -0.3 is 4.74 Å². The number of hydrogen-bond donors (Lipinski definition) is 1. The predicted molar refractivity (Wildman–Crippen MR) is 113 cm³/mol. The van der Waals surface area contributed by atoms with Gasteiger partial charge in [0.15, 0.2) is 9.50 Å². The van der Waals surface area contributed by atoms with Crippen LogP contribution in [0.3, 0.4) is 0 Å². The highest BCUT2D eigenvalue weighted by atomic mass is 32.2. The van der Waals surface area contributed by atoms with Gasteiger partial charge in [0, 0.05) is 5.69 Å². The predicted octanol–water partition coefficient (Wildman–Crippen LogP) is 2.81. The number of aromatic nitrogens is 5. The van der Waals surface area contributed by atoms with Crippen molar-refractivity contribution < 1.29 is 14.3 Å². The maximum atomic E-state index is 12.2. The third-order valence-corrected chi connectivity index (χ3v) is 6.32. The fraction of sp³-hybridized carbons (Fsp3) is 0.294. The lowest BCUT2D eigenvalue weighted by Gasteiger charge is -2.06. The minimum atomic E-state index is -0.313. The molecular weight excluding hydrogens is 432 g/mol. The Morgan fingerprint density at radius 1 is 1.14 bits per heavy atom. The smallest absolute Gasteiger partial charge is 0.316 e. The molecule has 3 aromatic rings. The van der Waals surface area contributed by atoms with Crippen molar-refractivity contribution in [1.29, 1.82) is 0 Å². The molecule has 29 heavy (non-hydrogen) atoms. The Labute approximate surface area is 179 Å². The van der Waals surface area contributed by atoms with Gasteiger partial charge in [-0.3, -0.25) is 19.5 Å². The van der Waals surface area contributed by atoms with E-state index >= 15 is 0 Å². The van der Waals surface area contributed by atoms with Crippen LogP contribution in [0, 0.1) is 6.92 Å². The normalized spacial score (nSPS) is 10.7. The van der Waals surface area contributed by atoms with Crippen molar-refractivity contribution in [3.05, 3.63) is 36.2 Å². The largest absolute Gasteiger partial charge is 0.465 e. The fourth-order valence-corrected chi connectivity index (χ4v) is 4.43. The van der Waals surface area contributed by atoms with Crippen LogP contribution in [0.2, 0.25) is 0 Å². The van der Waals surface area contributed by atoms with Crippen molar-refractivity contribution in [1.82, 2.24) is 25.0 Å². The second-order valence-corrected chi connectivity index (χ2v) is 8.77. The van der Waals surface area contributed by atoms with E-state index in [0.29, 0.717) is 21.2 Å². The zero-order valence-electron chi connectivity index (χ0n) is 15.7. The molecule has 1 aromatic carbocycles. The molecule has 3 rings (SSSR count). The standard InChI is InChI=1S/C17H18N6O3S3/c1-3-26-14(25)9-28-17-22-20-15(29-17)19-13(24)8-27-16-21-18-10-23(16)12-6-4-11(2)5-7-12/h4-7,10H,3,8-9H2,1-2H3,(H,19,20,24). The molecular formula is C17H18N6O3S3. The van der Waals surface area contributed by atoms with Crippen molar-refractivity contribution in [3.63, 3.8) is 0 Å². The van der Waals surface area contributed by atoms with E-state index in [1.54, 1.807) is 13.3 Å². The molecule has 0 spiro atoms. The third-order valence-electron chi connectivity index (χ3n) is 3.43. The highest BCUT2D eigenvalue weighted by Crippen LogP contribution is 2.26. The lowest BCUT2D eigenvalue weighted by Crippen LogP contribution is -2.14. The van der Waals surface area contributed by atoms with E-state index in [1.165, 1.54) is 34.9 Å². The van der Waals surface area contributed by atoms with Gasteiger partial charge in [0.1, 0.15) is 6.33 Å². The molecule has 0 bridgehead atoms. The van der Waals surface area contributed by atoms with Crippen LogP contribution in [0.4, 0.5) is 5.13 Å². The Hall–Kier alpha value is -2.44. The number of nitrogens with zero attached hydrogens (tertiary/aromatic N) is 5. The van der Waals surface area contributed by atoms with Gasteiger partial charge in [0.25, 0.3) is 0 Å². The molecule has 0 saturated carbocycles. The summed E-state index contributed by atoms with van der Waals surface area (Å²) < 4.78 is 7.27. The van der Waals surface area contributed by atoms with E-state index < -0.39 is 0 Å². The van der Waals surface area contributed by atoms with Gasteiger partial charge >= 0.3 is 5.97 Å². The first-order valence-corrected chi connectivity index (χ1v) is 11.4. The van der Waals surface area contributed by atoms with Gasteiger partial charge in [-0.2, -0.15) is 0 Å². The van der Waals surface area contributed by atoms with Crippen LogP contribution in [-0.4, -0.2) is 55.0 Å². The van der Waals surface area contributed by atoms with E-state index in [1.807, 2.05) is 35.8 Å². The Morgan fingerprint density at radius 2 is 1.93 bits per heavy atom. The number of nitrogens with one attached hydrogen (secondary N) is 1. The van der Waals surface area contributed by atoms with E-state index in [9.17, 15) is 9.59 Å². The number of hydrogen-bond acceptors (Lipinski definition) is 10. The molecule has 0 aliphatic heterocycles. The lowest BCUT2D eigenvalue weighted by molar-refractivity contribution is -0.139. The molecule has 152 valence electrons. The monoisotopic (exact) mass is 450 g/mol. The number of carbonyl (C=O) groups excluding carboxylic acids is 2. The minimum Gasteiger partial charge on any atom is -0.465 e. The van der Waals surface area contributed by atoms with Crippen molar-refractivity contribution in [2.24, 2.45) is 0 Å². The second kappa shape index (κ2) is 10.4. The van der Waals surface area contributed by atoms with E-state index in [-0.39, 0.29) is 23.4 Å². The van der Waals surface area contributed by atoms with Crippen LogP contribution in [0.25, 0.3) is 5.69 Å². The summed E-state index contributed by atoms with van der Waals surface area (Å²) in [6, 6.07) is 7.95.